The third-order valence-electron chi connectivity index (χ3n) is 0.831. The Bertz CT molecular complexity index is 144. The highest BCUT2D eigenvalue weighted by Crippen LogP contribution is 1.76. The molecule has 0 aliphatic rings. The Morgan fingerprint density at radius 2 is 2.10 bits per heavy atom. The number of rotatable bonds is 0. The molecule has 0 saturated carbocycles. The molecule has 0 fully saturated rings. The average molecular weight is 145 g/mol. The molecule has 0 saturated heterocycles. The molecule has 0 aromatic carbocycles. The highest BCUT2D eigenvalue weighted by molar-refractivity contribution is 5.91. The number of nitrogens with one attached hydrogen (secondary N) is 2. The van der Waals surface area contributed by atoms with Crippen LogP contribution < -0.4 is 5.32 Å². The molecule has 0 heterocycles. The van der Waals surface area contributed by atoms with E-state index in [2.05, 4.69) is 10.1 Å². The van der Waals surface area contributed by atoms with Crippen LogP contribution in [0.1, 0.15) is 0 Å². The number of carbonyl (C=O) groups is 1. The maximum Gasteiger partial charge on any atom is 0.324 e. The van der Waals surface area contributed by atoms with Gasteiger partial charge in [-0.05, 0) is 0 Å². The van der Waals surface area contributed by atoms with Crippen LogP contribution in [0.15, 0.2) is 0 Å². The summed E-state index contributed by atoms with van der Waals surface area (Å²) in [5.74, 6) is 0. The van der Waals surface area contributed by atoms with Crippen molar-refractivity contribution < 1.29 is 9.53 Å². The van der Waals surface area contributed by atoms with Crippen LogP contribution in [-0.4, -0.2) is 38.2 Å². The van der Waals surface area contributed by atoms with Crippen LogP contribution in [0, 0.1) is 5.41 Å². The third kappa shape index (κ3) is 2.91. The van der Waals surface area contributed by atoms with Gasteiger partial charge in [0.2, 0.25) is 0 Å². The maximum atomic E-state index is 10.7. The van der Waals surface area contributed by atoms with Gasteiger partial charge in [0, 0.05) is 14.1 Å². The van der Waals surface area contributed by atoms with Crippen molar-refractivity contribution in [2.45, 2.75) is 0 Å². The van der Waals surface area contributed by atoms with Crippen molar-refractivity contribution >= 4 is 12.1 Å². The third-order valence-corrected chi connectivity index (χ3v) is 0.831. The molecule has 0 aromatic rings. The lowest BCUT2D eigenvalue weighted by molar-refractivity contribution is 0.219. The van der Waals surface area contributed by atoms with Gasteiger partial charge in [0.15, 0.2) is 0 Å². The Morgan fingerprint density at radius 3 is 2.40 bits per heavy atom. The second-order valence-corrected chi connectivity index (χ2v) is 1.86. The fourth-order valence-electron chi connectivity index (χ4n) is 0.260. The van der Waals surface area contributed by atoms with E-state index in [1.54, 1.807) is 14.1 Å². The van der Waals surface area contributed by atoms with E-state index in [0.717, 1.165) is 0 Å². The number of methoxy groups -OCH3 is 1. The van der Waals surface area contributed by atoms with Crippen molar-refractivity contribution in [2.75, 3.05) is 21.2 Å². The standard InChI is InChI=1S/C5H11N3O2/c1-8(2)5(9)7-4(6)10-3/h1-3H3,(H2,6,7,9). The van der Waals surface area contributed by atoms with Crippen LogP contribution in [-0.2, 0) is 4.74 Å². The van der Waals surface area contributed by atoms with Gasteiger partial charge in [-0.1, -0.05) is 0 Å². The van der Waals surface area contributed by atoms with Crippen LogP contribution >= 0.6 is 0 Å². The summed E-state index contributed by atoms with van der Waals surface area (Å²) in [5, 5.41) is 9.06. The van der Waals surface area contributed by atoms with Gasteiger partial charge in [0.1, 0.15) is 0 Å². The second-order valence-electron chi connectivity index (χ2n) is 1.86. The molecule has 0 unspecified atom stereocenters. The molecule has 0 atom stereocenters. The first-order chi connectivity index (χ1) is 4.57. The fraction of sp³-hybridized carbons (Fsp3) is 0.600. The van der Waals surface area contributed by atoms with Gasteiger partial charge in [-0.25, -0.2) is 4.79 Å². The summed E-state index contributed by atoms with van der Waals surface area (Å²) < 4.78 is 4.40. The maximum absolute atomic E-state index is 10.7. The van der Waals surface area contributed by atoms with E-state index in [-0.39, 0.29) is 12.1 Å². The van der Waals surface area contributed by atoms with E-state index in [0.29, 0.717) is 0 Å². The molecule has 10 heavy (non-hydrogen) atoms. The normalized spacial score (nSPS) is 8.30. The summed E-state index contributed by atoms with van der Waals surface area (Å²) in [6.45, 7) is 0. The zero-order valence-electron chi connectivity index (χ0n) is 6.26. The van der Waals surface area contributed by atoms with Gasteiger partial charge in [0.05, 0.1) is 7.11 Å². The number of hydrogen-bond donors (Lipinski definition) is 2. The molecule has 2 amide bonds. The number of nitrogens with zero attached hydrogens (tertiary/aromatic N) is 1. The summed E-state index contributed by atoms with van der Waals surface area (Å²) in [6, 6.07) is -0.620. The van der Waals surface area contributed by atoms with E-state index in [1.807, 2.05) is 0 Å². The average Bonchev–Trinajstić information content (AvgIpc) is 1.87. The largest absolute Gasteiger partial charge is 0.468 e. The number of hydrogen-bond acceptors (Lipinski definition) is 3. The van der Waals surface area contributed by atoms with Crippen LogP contribution in [0.4, 0.5) is 4.79 Å². The van der Waals surface area contributed by atoms with Gasteiger partial charge >= 0.3 is 6.03 Å². The summed E-state index contributed by atoms with van der Waals surface area (Å²) >= 11 is 0. The molecule has 58 valence electrons. The van der Waals surface area contributed by atoms with Crippen LogP contribution in [0.5, 0.6) is 0 Å². The van der Waals surface area contributed by atoms with E-state index in [9.17, 15) is 4.79 Å². The summed E-state index contributed by atoms with van der Waals surface area (Å²) in [4.78, 5) is 12.0. The smallest absolute Gasteiger partial charge is 0.324 e. The predicted octanol–water partition coefficient (Wildman–Crippen LogP) is -0.161. The van der Waals surface area contributed by atoms with Gasteiger partial charge in [-0.15, -0.1) is 0 Å². The Balaban J connectivity index is 3.69. The Labute approximate surface area is 59.5 Å². The molecule has 5 heteroatoms. The number of amidine groups is 1. The first-order valence-electron chi connectivity index (χ1n) is 2.68. The quantitative estimate of drug-likeness (QED) is 0.367. The van der Waals surface area contributed by atoms with Crippen molar-refractivity contribution in [3.63, 3.8) is 0 Å². The van der Waals surface area contributed by atoms with Crippen molar-refractivity contribution in [3.8, 4) is 0 Å². The Morgan fingerprint density at radius 1 is 1.60 bits per heavy atom. The van der Waals surface area contributed by atoms with E-state index in [1.165, 1.54) is 12.0 Å². The molecule has 2 N–H and O–H groups in total. The molecule has 0 rings (SSSR count). The lowest BCUT2D eigenvalue weighted by atomic mass is 10.8. The number of ether oxygens (including phenoxy) is 1. The van der Waals surface area contributed by atoms with Crippen molar-refractivity contribution in [1.29, 1.82) is 5.41 Å². The molecule has 0 aliphatic heterocycles. The lowest BCUT2D eigenvalue weighted by Crippen LogP contribution is -2.38. The number of carbonyl (C=O) groups excluding carboxylic acids is 1. The van der Waals surface area contributed by atoms with E-state index >= 15 is 0 Å². The molecule has 0 spiro atoms. The SMILES string of the molecule is COC(=N)NC(=O)N(C)C. The minimum atomic E-state index is -0.369. The van der Waals surface area contributed by atoms with Crippen LogP contribution in [0.2, 0.25) is 0 Å². The van der Waals surface area contributed by atoms with Crippen molar-refractivity contribution in [2.24, 2.45) is 0 Å². The molecular formula is C5H11N3O2. The van der Waals surface area contributed by atoms with E-state index < -0.39 is 0 Å². The predicted molar refractivity (Wildman–Crippen MR) is 37.0 cm³/mol. The molecule has 0 radical (unpaired) electrons. The van der Waals surface area contributed by atoms with Crippen molar-refractivity contribution in [1.82, 2.24) is 10.2 Å². The zero-order valence-corrected chi connectivity index (χ0v) is 6.26. The monoisotopic (exact) mass is 145 g/mol. The van der Waals surface area contributed by atoms with Gasteiger partial charge < -0.3 is 9.64 Å². The van der Waals surface area contributed by atoms with Crippen LogP contribution in [0.25, 0.3) is 0 Å². The summed E-state index contributed by atoms with van der Waals surface area (Å²) in [6.07, 6.45) is 0. The molecule has 0 bridgehead atoms. The number of urea groups is 1. The molecular weight excluding hydrogens is 134 g/mol. The Kier molecular flexibility index (Phi) is 3.24. The van der Waals surface area contributed by atoms with Gasteiger partial charge in [-0.3, -0.25) is 10.7 Å². The van der Waals surface area contributed by atoms with Gasteiger partial charge in [0.25, 0.3) is 6.02 Å². The zero-order chi connectivity index (χ0) is 8.15. The fourth-order valence-corrected chi connectivity index (χ4v) is 0.260. The first-order valence-corrected chi connectivity index (χ1v) is 2.68. The highest BCUT2D eigenvalue weighted by atomic mass is 16.5. The van der Waals surface area contributed by atoms with Crippen LogP contribution in [0.3, 0.4) is 0 Å². The second kappa shape index (κ2) is 3.71. The minimum Gasteiger partial charge on any atom is -0.468 e. The number of amides is 2. The summed E-state index contributed by atoms with van der Waals surface area (Å²) in [5.41, 5.74) is 0. The minimum absolute atomic E-state index is 0.251. The lowest BCUT2D eigenvalue weighted by Gasteiger charge is -2.10. The first kappa shape index (κ1) is 8.74. The highest BCUT2D eigenvalue weighted by Gasteiger charge is 2.04. The topological polar surface area (TPSA) is 65.4 Å². The summed E-state index contributed by atoms with van der Waals surface area (Å²) in [7, 11) is 4.48. The molecule has 0 aromatic heterocycles. The van der Waals surface area contributed by atoms with Gasteiger partial charge in [-0.2, -0.15) is 0 Å². The van der Waals surface area contributed by atoms with Crippen molar-refractivity contribution in [3.05, 3.63) is 0 Å². The Hall–Kier alpha value is -1.26. The van der Waals surface area contributed by atoms with E-state index in [4.69, 9.17) is 5.41 Å². The molecule has 5 nitrogen and oxygen atoms in total. The molecule has 0 aliphatic carbocycles.